The van der Waals surface area contributed by atoms with Crippen molar-refractivity contribution >= 4 is 55.5 Å². The van der Waals surface area contributed by atoms with Crippen LogP contribution in [0.2, 0.25) is 0 Å². The smallest absolute Gasteiger partial charge is 0.201 e. The molecule has 0 saturated heterocycles. The first kappa shape index (κ1) is 36.1. The van der Waals surface area contributed by atoms with Gasteiger partial charge in [0.25, 0.3) is 0 Å². The fourth-order valence-corrected chi connectivity index (χ4v) is 8.95. The van der Waals surface area contributed by atoms with E-state index in [0.717, 1.165) is 145 Å². The Balaban J connectivity index is 1.39. The predicted octanol–water partition coefficient (Wildman–Crippen LogP) is 11.3. The van der Waals surface area contributed by atoms with Crippen LogP contribution < -0.4 is 26.5 Å². The van der Waals surface area contributed by atoms with Crippen molar-refractivity contribution in [2.24, 2.45) is 4.99 Å². The first-order chi connectivity index (χ1) is 25.4. The van der Waals surface area contributed by atoms with Gasteiger partial charge < -0.3 is 21.1 Å². The number of hydrogen-bond donors (Lipinski definition) is 4. The van der Waals surface area contributed by atoms with E-state index in [1.54, 1.807) is 0 Å². The number of anilines is 3. The number of nitrogens with one attached hydrogen (secondary N) is 3. The van der Waals surface area contributed by atoms with E-state index in [-0.39, 0.29) is 17.2 Å². The Kier molecular flexibility index (Phi) is 10.6. The normalized spacial score (nSPS) is 17.7. The summed E-state index contributed by atoms with van der Waals surface area (Å²) in [4.78, 5) is 20.2. The zero-order chi connectivity index (χ0) is 36.3. The van der Waals surface area contributed by atoms with Crippen molar-refractivity contribution in [3.8, 4) is 0 Å². The van der Waals surface area contributed by atoms with E-state index in [1.807, 2.05) is 12.1 Å². The Hall–Kier alpha value is -4.32. The maximum Gasteiger partial charge on any atom is 0.201 e. The van der Waals surface area contributed by atoms with Crippen molar-refractivity contribution in [1.82, 2.24) is 0 Å². The minimum atomic E-state index is -0.439. The largest absolute Gasteiger partial charge is 0.506 e. The van der Waals surface area contributed by atoms with Crippen LogP contribution in [0.1, 0.15) is 136 Å². The highest BCUT2D eigenvalue weighted by Crippen LogP contribution is 2.48. The van der Waals surface area contributed by atoms with Crippen LogP contribution in [0.25, 0.3) is 32.7 Å². The van der Waals surface area contributed by atoms with E-state index >= 15 is 0 Å². The molecule has 0 atom stereocenters. The van der Waals surface area contributed by atoms with Gasteiger partial charge in [-0.1, -0.05) is 128 Å². The second-order valence-electron chi connectivity index (χ2n) is 15.6. The van der Waals surface area contributed by atoms with Crippen LogP contribution in [0.4, 0.5) is 17.1 Å². The molecule has 4 aromatic carbocycles. The van der Waals surface area contributed by atoms with Crippen molar-refractivity contribution in [3.05, 3.63) is 82.6 Å². The number of hydrogen-bond acceptors (Lipinski definition) is 6. The van der Waals surface area contributed by atoms with Gasteiger partial charge >= 0.3 is 0 Å². The molecular weight excluding hydrogens is 641 g/mol. The average Bonchev–Trinajstić information content (AvgIpc) is 3.14. The quantitative estimate of drug-likeness (QED) is 0.0825. The highest BCUT2D eigenvalue weighted by atomic mass is 16.3. The number of nitrogens with zero attached hydrogens (tertiary/aromatic N) is 1. The van der Waals surface area contributed by atoms with Gasteiger partial charge in [-0.05, 0) is 74.3 Å². The predicted molar refractivity (Wildman–Crippen MR) is 220 cm³/mol. The van der Waals surface area contributed by atoms with Crippen molar-refractivity contribution < 1.29 is 9.90 Å². The monoisotopic (exact) mass is 698 g/mol. The van der Waals surface area contributed by atoms with Gasteiger partial charge in [-0.15, -0.1) is 0 Å². The lowest BCUT2D eigenvalue weighted by Crippen LogP contribution is -2.48. The maximum atomic E-state index is 14.6. The van der Waals surface area contributed by atoms with Crippen molar-refractivity contribution in [1.29, 1.82) is 0 Å². The van der Waals surface area contributed by atoms with Crippen LogP contribution in [0.15, 0.2) is 71.4 Å². The molecule has 1 aliphatic carbocycles. The number of Topliss-reactive ketones (excluding diaryl/α,β-unsaturated/α-hetero) is 1. The Morgan fingerprint density at radius 1 is 0.596 bits per heavy atom. The fourth-order valence-electron chi connectivity index (χ4n) is 8.95. The number of aliphatic hydroxyl groups excluding tert-OH is 1. The molecule has 0 unspecified atom stereocenters. The SMILES string of the molecule is CCCCCC1(CCCCC)N=c2/c(=C3/C(=O)C(c4ccc5cccc6c5c4NC(CCCCC)(CCCCC)N6)=C3O)ccc3cccc(c23)N1. The number of unbranched alkanes of at least 4 members (excludes halogenated alkanes) is 8. The van der Waals surface area contributed by atoms with Crippen LogP contribution in [-0.2, 0) is 4.79 Å². The van der Waals surface area contributed by atoms with Crippen LogP contribution in [0.3, 0.4) is 0 Å². The fraction of sp³-hybridized carbons (Fsp3) is 0.478. The summed E-state index contributed by atoms with van der Waals surface area (Å²) in [6.45, 7) is 8.98. The zero-order valence-corrected chi connectivity index (χ0v) is 31.9. The number of carbonyl (C=O) groups excluding carboxylic acids is 1. The number of rotatable bonds is 17. The highest BCUT2D eigenvalue weighted by Gasteiger charge is 2.41. The molecule has 7 rings (SSSR count). The van der Waals surface area contributed by atoms with Crippen LogP contribution in [0, 0.1) is 0 Å². The Labute approximate surface area is 309 Å². The number of ketones is 1. The second-order valence-corrected chi connectivity index (χ2v) is 15.6. The Morgan fingerprint density at radius 3 is 1.75 bits per heavy atom. The number of allylic oxidation sites excluding steroid dienone is 2. The summed E-state index contributed by atoms with van der Waals surface area (Å²) in [5.41, 5.74) is 3.93. The molecule has 0 saturated carbocycles. The van der Waals surface area contributed by atoms with Gasteiger partial charge in [0.1, 0.15) is 17.1 Å². The van der Waals surface area contributed by atoms with Crippen molar-refractivity contribution in [2.45, 2.75) is 142 Å². The molecule has 274 valence electrons. The molecule has 0 fully saturated rings. The molecule has 6 nitrogen and oxygen atoms in total. The molecule has 2 aliphatic heterocycles. The van der Waals surface area contributed by atoms with E-state index in [1.165, 1.54) is 12.8 Å². The lowest BCUT2D eigenvalue weighted by atomic mass is 9.79. The van der Waals surface area contributed by atoms with Crippen molar-refractivity contribution in [2.75, 3.05) is 16.0 Å². The standard InChI is InChI=1S/C46H58N4O2/c1-5-9-13-27-45(28-14-10-6-2)47-35-21-17-19-31-23-25-33(41(49-45)37(31)35)39-43(51)40(44(39)52)34-26-24-32-20-18-22-36-38(32)42(34)50-46(48-36,29-15-11-7-3)30-16-12-8-4/h17-26,47-49,51H,5-16,27-30H2,1-4H3/b40-34+. The molecule has 52 heavy (non-hydrogen) atoms. The van der Waals surface area contributed by atoms with E-state index < -0.39 is 5.66 Å². The lowest BCUT2D eigenvalue weighted by Gasteiger charge is -2.43. The van der Waals surface area contributed by atoms with Gasteiger partial charge in [0.2, 0.25) is 5.78 Å². The first-order valence-corrected chi connectivity index (χ1v) is 20.4. The second kappa shape index (κ2) is 15.3. The highest BCUT2D eigenvalue weighted by molar-refractivity contribution is 6.52. The number of carbonyl (C=O) groups is 1. The molecule has 4 N–H and O–H groups in total. The maximum absolute atomic E-state index is 14.6. The van der Waals surface area contributed by atoms with Gasteiger partial charge in [0, 0.05) is 32.9 Å². The average molecular weight is 699 g/mol. The van der Waals surface area contributed by atoms with Gasteiger partial charge in [-0.25, -0.2) is 0 Å². The zero-order valence-electron chi connectivity index (χ0n) is 31.9. The molecule has 2 heterocycles. The minimum Gasteiger partial charge on any atom is -0.506 e. The summed E-state index contributed by atoms with van der Waals surface area (Å²) in [5.74, 6) is -0.0387. The third-order valence-electron chi connectivity index (χ3n) is 11.8. The molecular formula is C46H58N4O2. The summed E-state index contributed by atoms with van der Waals surface area (Å²) < 4.78 is 0. The van der Waals surface area contributed by atoms with Gasteiger partial charge in [0.15, 0.2) is 0 Å². The Morgan fingerprint density at radius 2 is 1.15 bits per heavy atom. The van der Waals surface area contributed by atoms with E-state index in [9.17, 15) is 9.90 Å². The van der Waals surface area contributed by atoms with Crippen LogP contribution in [0.5, 0.6) is 0 Å². The van der Waals surface area contributed by atoms with Crippen LogP contribution in [-0.4, -0.2) is 22.2 Å². The Bertz CT molecular complexity index is 2110. The summed E-state index contributed by atoms with van der Waals surface area (Å²) >= 11 is 0. The molecule has 0 bridgehead atoms. The molecule has 0 amide bonds. The summed E-state index contributed by atoms with van der Waals surface area (Å²) in [5, 5.41) is 29.8. The molecule has 0 aromatic heterocycles. The third kappa shape index (κ3) is 6.58. The van der Waals surface area contributed by atoms with E-state index in [0.29, 0.717) is 11.1 Å². The molecule has 0 radical (unpaired) electrons. The molecule has 3 aliphatic rings. The summed E-state index contributed by atoms with van der Waals surface area (Å²) in [6, 6.07) is 21.0. The van der Waals surface area contributed by atoms with Crippen LogP contribution >= 0.6 is 0 Å². The summed E-state index contributed by atoms with van der Waals surface area (Å²) in [6.07, 6.45) is 17.5. The third-order valence-corrected chi connectivity index (χ3v) is 11.8. The van der Waals surface area contributed by atoms with Gasteiger partial charge in [0.05, 0.1) is 22.2 Å². The molecule has 6 heteroatoms. The van der Waals surface area contributed by atoms with Gasteiger partial charge in [-0.2, -0.15) is 0 Å². The molecule has 4 aromatic rings. The minimum absolute atomic E-state index is 0.0744. The van der Waals surface area contributed by atoms with E-state index in [2.05, 4.69) is 92.2 Å². The van der Waals surface area contributed by atoms with E-state index in [4.69, 9.17) is 4.99 Å². The topological polar surface area (TPSA) is 85.8 Å². The first-order valence-electron chi connectivity index (χ1n) is 20.4. The summed E-state index contributed by atoms with van der Waals surface area (Å²) in [7, 11) is 0. The van der Waals surface area contributed by atoms with Crippen molar-refractivity contribution in [3.63, 3.8) is 0 Å². The lowest BCUT2D eigenvalue weighted by molar-refractivity contribution is -0.109. The number of aliphatic hydroxyl groups is 1. The molecule has 0 spiro atoms. The van der Waals surface area contributed by atoms with Gasteiger partial charge in [-0.3, -0.25) is 9.79 Å². The number of benzene rings is 4.